The zero-order chi connectivity index (χ0) is 24.4. The minimum Gasteiger partial charge on any atom is -0.366 e. The Bertz CT molecular complexity index is 1310. The fraction of sp³-hybridized carbons (Fsp3) is 0.185. The Kier molecular flexibility index (Phi) is 6.61. The van der Waals surface area contributed by atoms with Crippen molar-refractivity contribution in [3.05, 3.63) is 123 Å². The van der Waals surface area contributed by atoms with E-state index in [1.165, 1.54) is 28.9 Å². The van der Waals surface area contributed by atoms with E-state index in [1.54, 1.807) is 42.6 Å². The van der Waals surface area contributed by atoms with Crippen LogP contribution in [0.4, 0.5) is 14.5 Å². The van der Waals surface area contributed by atoms with Gasteiger partial charge in [-0.05, 0) is 47.5 Å². The van der Waals surface area contributed by atoms with Crippen molar-refractivity contribution >= 4 is 17.3 Å². The zero-order valence-corrected chi connectivity index (χ0v) is 19.6. The second kappa shape index (κ2) is 9.98. The highest BCUT2D eigenvalue weighted by Gasteiger charge is 2.28. The van der Waals surface area contributed by atoms with Gasteiger partial charge in [0.15, 0.2) is 0 Å². The van der Waals surface area contributed by atoms with Crippen LogP contribution in [0.15, 0.2) is 89.9 Å². The van der Waals surface area contributed by atoms with Crippen molar-refractivity contribution in [3.63, 3.8) is 0 Å². The minimum absolute atomic E-state index is 0.130. The quantitative estimate of drug-likeness (QED) is 0.390. The first-order chi connectivity index (χ1) is 17.0. The lowest BCUT2D eigenvalue weighted by Crippen LogP contribution is -2.48. The standard InChI is InChI=1S/C27H23ClF2N4O/c28-25-24(18-31-34(27(25)35)23-4-2-1-3-5-23)32-14-16-33(17-15-32)26(19-6-10-21(29)11-7-19)20-8-12-22(30)13-9-20/h1-13,18,26H,14-17H2. The van der Waals surface area contributed by atoms with Crippen molar-refractivity contribution in [3.8, 4) is 5.69 Å². The predicted molar refractivity (Wildman–Crippen MR) is 133 cm³/mol. The number of para-hydroxylation sites is 1. The molecule has 0 unspecified atom stereocenters. The SMILES string of the molecule is O=c1c(Cl)c(N2CCN(C(c3ccc(F)cc3)c3ccc(F)cc3)CC2)cnn1-c1ccccc1. The molecule has 5 nitrogen and oxygen atoms in total. The molecule has 0 amide bonds. The first-order valence-corrected chi connectivity index (χ1v) is 11.7. The molecule has 0 N–H and O–H groups in total. The van der Waals surface area contributed by atoms with Crippen LogP contribution in [-0.2, 0) is 0 Å². The number of piperazine rings is 1. The van der Waals surface area contributed by atoms with E-state index in [0.717, 1.165) is 11.1 Å². The number of nitrogens with zero attached hydrogens (tertiary/aromatic N) is 4. The Hall–Kier alpha value is -3.55. The molecule has 1 saturated heterocycles. The number of aromatic nitrogens is 2. The first kappa shape index (κ1) is 23.2. The van der Waals surface area contributed by atoms with Crippen LogP contribution in [0.25, 0.3) is 5.69 Å². The van der Waals surface area contributed by atoms with Gasteiger partial charge >= 0.3 is 0 Å². The Balaban J connectivity index is 1.38. The molecular weight excluding hydrogens is 470 g/mol. The van der Waals surface area contributed by atoms with Gasteiger partial charge in [0.2, 0.25) is 0 Å². The number of hydrogen-bond acceptors (Lipinski definition) is 4. The van der Waals surface area contributed by atoms with Crippen LogP contribution in [0, 0.1) is 11.6 Å². The Morgan fingerprint density at radius 1 is 0.771 bits per heavy atom. The molecule has 0 bridgehead atoms. The van der Waals surface area contributed by atoms with E-state index in [4.69, 9.17) is 11.6 Å². The number of benzene rings is 3. The van der Waals surface area contributed by atoms with Gasteiger partial charge in [0.25, 0.3) is 5.56 Å². The Labute approximate surface area is 206 Å². The van der Waals surface area contributed by atoms with E-state index in [1.807, 2.05) is 18.2 Å². The average Bonchev–Trinajstić information content (AvgIpc) is 2.89. The summed E-state index contributed by atoms with van der Waals surface area (Å²) in [5.41, 5.74) is 2.74. The highest BCUT2D eigenvalue weighted by atomic mass is 35.5. The Morgan fingerprint density at radius 2 is 1.31 bits per heavy atom. The van der Waals surface area contributed by atoms with Gasteiger partial charge in [-0.25, -0.2) is 8.78 Å². The van der Waals surface area contributed by atoms with E-state index >= 15 is 0 Å². The maximum atomic E-state index is 13.6. The van der Waals surface area contributed by atoms with Crippen LogP contribution in [0.5, 0.6) is 0 Å². The smallest absolute Gasteiger partial charge is 0.292 e. The van der Waals surface area contributed by atoms with E-state index in [0.29, 0.717) is 37.6 Å². The Morgan fingerprint density at radius 3 is 1.86 bits per heavy atom. The summed E-state index contributed by atoms with van der Waals surface area (Å²) in [4.78, 5) is 17.2. The lowest BCUT2D eigenvalue weighted by molar-refractivity contribution is 0.212. The predicted octanol–water partition coefficient (Wildman–Crippen LogP) is 5.08. The molecular formula is C27H23ClF2N4O. The second-order valence-electron chi connectivity index (χ2n) is 8.42. The van der Waals surface area contributed by atoms with E-state index < -0.39 is 0 Å². The van der Waals surface area contributed by atoms with Crippen molar-refractivity contribution in [1.82, 2.24) is 14.7 Å². The highest BCUT2D eigenvalue weighted by Crippen LogP contribution is 2.31. The number of halogens is 3. The first-order valence-electron chi connectivity index (χ1n) is 11.3. The molecule has 8 heteroatoms. The van der Waals surface area contributed by atoms with Crippen LogP contribution in [0.3, 0.4) is 0 Å². The molecule has 0 spiro atoms. The van der Waals surface area contributed by atoms with Gasteiger partial charge < -0.3 is 4.90 Å². The van der Waals surface area contributed by atoms with Crippen molar-refractivity contribution < 1.29 is 8.78 Å². The van der Waals surface area contributed by atoms with Crippen molar-refractivity contribution in [2.45, 2.75) is 6.04 Å². The van der Waals surface area contributed by atoms with E-state index in [9.17, 15) is 13.6 Å². The normalized spacial score (nSPS) is 14.5. The largest absolute Gasteiger partial charge is 0.366 e. The molecule has 1 fully saturated rings. The molecule has 35 heavy (non-hydrogen) atoms. The van der Waals surface area contributed by atoms with Gasteiger partial charge in [-0.15, -0.1) is 0 Å². The number of hydrogen-bond donors (Lipinski definition) is 0. The number of anilines is 1. The maximum absolute atomic E-state index is 13.6. The molecule has 0 aliphatic carbocycles. The monoisotopic (exact) mass is 492 g/mol. The summed E-state index contributed by atoms with van der Waals surface area (Å²) in [5.74, 6) is -0.604. The average molecular weight is 493 g/mol. The fourth-order valence-corrected chi connectivity index (χ4v) is 4.77. The van der Waals surface area contributed by atoms with Gasteiger partial charge in [-0.3, -0.25) is 9.69 Å². The molecule has 178 valence electrons. The van der Waals surface area contributed by atoms with E-state index in [-0.39, 0.29) is 28.3 Å². The molecule has 5 rings (SSSR count). The van der Waals surface area contributed by atoms with E-state index in [2.05, 4.69) is 14.9 Å². The molecule has 0 radical (unpaired) electrons. The van der Waals surface area contributed by atoms with Crippen LogP contribution in [0.1, 0.15) is 17.2 Å². The summed E-state index contributed by atoms with van der Waals surface area (Å²) < 4.78 is 28.4. The summed E-state index contributed by atoms with van der Waals surface area (Å²) in [6.45, 7) is 2.57. The third-order valence-corrected chi connectivity index (χ3v) is 6.65. The summed E-state index contributed by atoms with van der Waals surface area (Å²) in [7, 11) is 0. The van der Waals surface area contributed by atoms with Crippen LogP contribution >= 0.6 is 11.6 Å². The molecule has 0 atom stereocenters. The van der Waals surface area contributed by atoms with Gasteiger partial charge in [0.05, 0.1) is 23.6 Å². The molecule has 1 aliphatic rings. The van der Waals surface area contributed by atoms with Crippen LogP contribution in [0.2, 0.25) is 5.02 Å². The molecule has 4 aromatic rings. The van der Waals surface area contributed by atoms with Gasteiger partial charge in [-0.1, -0.05) is 54.1 Å². The summed E-state index contributed by atoms with van der Waals surface area (Å²) >= 11 is 6.50. The molecule has 3 aromatic carbocycles. The van der Waals surface area contributed by atoms with Crippen molar-refractivity contribution in [2.75, 3.05) is 31.1 Å². The summed E-state index contributed by atoms with van der Waals surface area (Å²) in [5, 5.41) is 4.47. The molecule has 1 aliphatic heterocycles. The third kappa shape index (κ3) is 4.83. The minimum atomic E-state index is -0.367. The summed E-state index contributed by atoms with van der Waals surface area (Å²) in [6.07, 6.45) is 1.63. The van der Waals surface area contributed by atoms with Gasteiger partial charge in [0, 0.05) is 26.2 Å². The van der Waals surface area contributed by atoms with Crippen molar-refractivity contribution in [2.24, 2.45) is 0 Å². The van der Waals surface area contributed by atoms with Crippen molar-refractivity contribution in [1.29, 1.82) is 0 Å². The lowest BCUT2D eigenvalue weighted by atomic mass is 9.96. The summed E-state index contributed by atoms with van der Waals surface area (Å²) in [6, 6.07) is 21.8. The zero-order valence-electron chi connectivity index (χ0n) is 18.8. The highest BCUT2D eigenvalue weighted by molar-refractivity contribution is 6.33. The molecule has 1 aromatic heterocycles. The second-order valence-corrected chi connectivity index (χ2v) is 8.80. The third-order valence-electron chi connectivity index (χ3n) is 6.29. The number of rotatable bonds is 5. The topological polar surface area (TPSA) is 41.4 Å². The maximum Gasteiger partial charge on any atom is 0.292 e. The van der Waals surface area contributed by atoms with Gasteiger partial charge in [-0.2, -0.15) is 9.78 Å². The molecule has 0 saturated carbocycles. The van der Waals surface area contributed by atoms with Gasteiger partial charge in [0.1, 0.15) is 16.7 Å². The fourth-order valence-electron chi connectivity index (χ4n) is 4.52. The molecule has 2 heterocycles. The van der Waals surface area contributed by atoms with Crippen LogP contribution in [-0.4, -0.2) is 40.9 Å². The lowest BCUT2D eigenvalue weighted by Gasteiger charge is -2.40. The van der Waals surface area contributed by atoms with Crippen LogP contribution < -0.4 is 10.5 Å².